The van der Waals surface area contributed by atoms with Gasteiger partial charge in [0.15, 0.2) is 5.78 Å². The summed E-state index contributed by atoms with van der Waals surface area (Å²) in [6.45, 7) is 1.26. The zero-order valence-electron chi connectivity index (χ0n) is 12.6. The van der Waals surface area contributed by atoms with Crippen LogP contribution in [0, 0.1) is 10.1 Å². The Morgan fingerprint density at radius 1 is 1.21 bits per heavy atom. The fourth-order valence-corrected chi connectivity index (χ4v) is 2.11. The predicted octanol–water partition coefficient (Wildman–Crippen LogP) is 4.43. The van der Waals surface area contributed by atoms with E-state index in [-0.39, 0.29) is 29.3 Å². The lowest BCUT2D eigenvalue weighted by atomic mass is 10.1. The third-order valence-electron chi connectivity index (χ3n) is 3.34. The van der Waals surface area contributed by atoms with Crippen molar-refractivity contribution >= 4 is 17.2 Å². The second-order valence-corrected chi connectivity index (χ2v) is 5.10. The number of halogens is 3. The maximum atomic E-state index is 12.7. The number of Topliss-reactive ketones (excluding diaryl/α,β-unsaturated/α-hetero) is 1. The van der Waals surface area contributed by atoms with Gasteiger partial charge in [0, 0.05) is 18.2 Å². The molecule has 0 spiro atoms. The number of nitrogens with one attached hydrogen (secondary N) is 1. The lowest BCUT2D eigenvalue weighted by Gasteiger charge is -2.11. The van der Waals surface area contributed by atoms with Gasteiger partial charge in [0.25, 0.3) is 5.69 Å². The van der Waals surface area contributed by atoms with Gasteiger partial charge in [0.2, 0.25) is 0 Å². The number of hydrogen-bond donors (Lipinski definition) is 1. The quantitative estimate of drug-likeness (QED) is 0.497. The highest BCUT2D eigenvalue weighted by molar-refractivity contribution is 5.95. The molecule has 0 atom stereocenters. The van der Waals surface area contributed by atoms with Crippen molar-refractivity contribution in [2.75, 3.05) is 5.32 Å². The zero-order valence-corrected chi connectivity index (χ0v) is 12.6. The molecule has 0 fully saturated rings. The first kappa shape index (κ1) is 17.5. The maximum absolute atomic E-state index is 12.7. The number of nitro benzene ring substituents is 1. The summed E-state index contributed by atoms with van der Waals surface area (Å²) in [5.41, 5.74) is -0.457. The summed E-state index contributed by atoms with van der Waals surface area (Å²) in [5.74, 6) is -0.317. The summed E-state index contributed by atoms with van der Waals surface area (Å²) in [6, 6.07) is 8.60. The first-order valence-corrected chi connectivity index (χ1v) is 6.88. The lowest BCUT2D eigenvalue weighted by molar-refractivity contribution is -0.384. The van der Waals surface area contributed by atoms with Crippen molar-refractivity contribution in [3.05, 3.63) is 69.3 Å². The van der Waals surface area contributed by atoms with Crippen LogP contribution in [0.4, 0.5) is 24.5 Å². The minimum Gasteiger partial charge on any atom is -0.375 e. The average molecular weight is 338 g/mol. The van der Waals surface area contributed by atoms with Crippen molar-refractivity contribution in [2.45, 2.75) is 19.6 Å². The molecule has 0 unspecified atom stereocenters. The molecular formula is C16H13F3N2O3. The number of ketones is 1. The molecule has 0 heterocycles. The molecule has 126 valence electrons. The number of rotatable bonds is 5. The highest BCUT2D eigenvalue weighted by Gasteiger charge is 2.30. The molecule has 2 rings (SSSR count). The van der Waals surface area contributed by atoms with Gasteiger partial charge in [0.05, 0.1) is 10.5 Å². The molecule has 24 heavy (non-hydrogen) atoms. The van der Waals surface area contributed by atoms with E-state index in [4.69, 9.17) is 0 Å². The normalized spacial score (nSPS) is 11.2. The third-order valence-corrected chi connectivity index (χ3v) is 3.34. The van der Waals surface area contributed by atoms with Gasteiger partial charge in [-0.25, -0.2) is 0 Å². The van der Waals surface area contributed by atoms with Crippen molar-refractivity contribution < 1.29 is 22.9 Å². The summed E-state index contributed by atoms with van der Waals surface area (Å²) in [4.78, 5) is 21.7. The number of alkyl halides is 3. The number of nitrogens with zero attached hydrogens (tertiary/aromatic N) is 1. The number of carbonyl (C=O) groups excluding carboxylic acids is 1. The largest absolute Gasteiger partial charge is 0.416 e. The Morgan fingerprint density at radius 3 is 2.50 bits per heavy atom. The number of carbonyl (C=O) groups is 1. The Balaban J connectivity index is 2.23. The second-order valence-electron chi connectivity index (χ2n) is 5.10. The Bertz CT molecular complexity index is 788. The molecule has 0 amide bonds. The molecule has 5 nitrogen and oxygen atoms in total. The van der Waals surface area contributed by atoms with Gasteiger partial charge in [0.1, 0.15) is 5.69 Å². The first-order valence-electron chi connectivity index (χ1n) is 6.88. The Labute approximate surface area is 135 Å². The molecule has 0 aliphatic rings. The standard InChI is InChI=1S/C16H13F3N2O3/c1-10(22)12-5-6-14(15(8-12)21(23)24)20-9-11-3-2-4-13(7-11)16(17,18)19/h2-8,20H,9H2,1H3. The van der Waals surface area contributed by atoms with E-state index < -0.39 is 16.7 Å². The Hall–Kier alpha value is -2.90. The highest BCUT2D eigenvalue weighted by atomic mass is 19.4. The monoisotopic (exact) mass is 338 g/mol. The smallest absolute Gasteiger partial charge is 0.375 e. The molecule has 8 heteroatoms. The molecule has 2 aromatic carbocycles. The van der Waals surface area contributed by atoms with Gasteiger partial charge in [-0.1, -0.05) is 12.1 Å². The third kappa shape index (κ3) is 4.09. The van der Waals surface area contributed by atoms with E-state index in [9.17, 15) is 28.1 Å². The molecule has 0 saturated heterocycles. The van der Waals surface area contributed by atoms with E-state index in [1.807, 2.05) is 0 Å². The summed E-state index contributed by atoms with van der Waals surface area (Å²) in [6.07, 6.45) is -4.45. The van der Waals surface area contributed by atoms with E-state index in [0.717, 1.165) is 18.2 Å². The number of nitro groups is 1. The van der Waals surface area contributed by atoms with Crippen LogP contribution in [0.1, 0.15) is 28.4 Å². The predicted molar refractivity (Wildman–Crippen MR) is 81.9 cm³/mol. The van der Waals surface area contributed by atoms with Crippen LogP contribution in [0.5, 0.6) is 0 Å². The fourth-order valence-electron chi connectivity index (χ4n) is 2.11. The fraction of sp³-hybridized carbons (Fsp3) is 0.188. The molecule has 0 bridgehead atoms. The van der Waals surface area contributed by atoms with Gasteiger partial charge >= 0.3 is 6.18 Å². The van der Waals surface area contributed by atoms with E-state index >= 15 is 0 Å². The highest BCUT2D eigenvalue weighted by Crippen LogP contribution is 2.30. The number of hydrogen-bond acceptors (Lipinski definition) is 4. The van der Waals surface area contributed by atoms with Crippen LogP contribution in [-0.4, -0.2) is 10.7 Å². The summed E-state index contributed by atoms with van der Waals surface area (Å²) in [7, 11) is 0. The van der Waals surface area contributed by atoms with Crippen molar-refractivity contribution in [3.63, 3.8) is 0 Å². The van der Waals surface area contributed by atoms with Crippen LogP contribution < -0.4 is 5.32 Å². The minimum absolute atomic E-state index is 0.0236. The molecule has 0 aromatic heterocycles. The second kappa shape index (κ2) is 6.69. The van der Waals surface area contributed by atoms with E-state index in [1.165, 1.54) is 31.2 Å². The zero-order chi connectivity index (χ0) is 17.9. The molecule has 0 saturated carbocycles. The molecule has 2 aromatic rings. The molecule has 0 radical (unpaired) electrons. The molecule has 1 N–H and O–H groups in total. The van der Waals surface area contributed by atoms with Crippen LogP contribution >= 0.6 is 0 Å². The first-order chi connectivity index (χ1) is 11.2. The maximum Gasteiger partial charge on any atom is 0.416 e. The molecular weight excluding hydrogens is 325 g/mol. The Kier molecular flexibility index (Phi) is 4.87. The van der Waals surface area contributed by atoms with Crippen LogP contribution in [-0.2, 0) is 12.7 Å². The van der Waals surface area contributed by atoms with Crippen molar-refractivity contribution in [1.82, 2.24) is 0 Å². The summed E-state index contributed by atoms with van der Waals surface area (Å²) < 4.78 is 38.0. The van der Waals surface area contributed by atoms with Crippen LogP contribution in [0.25, 0.3) is 0 Å². The molecule has 0 aliphatic carbocycles. The van der Waals surface area contributed by atoms with Gasteiger partial charge in [-0.3, -0.25) is 14.9 Å². The van der Waals surface area contributed by atoms with Crippen LogP contribution in [0.3, 0.4) is 0 Å². The topological polar surface area (TPSA) is 72.2 Å². The SMILES string of the molecule is CC(=O)c1ccc(NCc2cccc(C(F)(F)F)c2)c([N+](=O)[O-])c1. The van der Waals surface area contributed by atoms with Crippen molar-refractivity contribution in [2.24, 2.45) is 0 Å². The number of anilines is 1. The van der Waals surface area contributed by atoms with E-state index in [2.05, 4.69) is 5.32 Å². The summed E-state index contributed by atoms with van der Waals surface area (Å²) >= 11 is 0. The average Bonchev–Trinajstić information content (AvgIpc) is 2.52. The van der Waals surface area contributed by atoms with E-state index in [1.54, 1.807) is 0 Å². The van der Waals surface area contributed by atoms with Gasteiger partial charge < -0.3 is 5.32 Å². The van der Waals surface area contributed by atoms with Crippen LogP contribution in [0.15, 0.2) is 42.5 Å². The Morgan fingerprint density at radius 2 is 1.92 bits per heavy atom. The summed E-state index contributed by atoms with van der Waals surface area (Å²) in [5, 5.41) is 13.8. The van der Waals surface area contributed by atoms with Gasteiger partial charge in [-0.05, 0) is 36.8 Å². The van der Waals surface area contributed by atoms with Crippen LogP contribution in [0.2, 0.25) is 0 Å². The molecule has 0 aliphatic heterocycles. The van der Waals surface area contributed by atoms with Gasteiger partial charge in [-0.15, -0.1) is 0 Å². The van der Waals surface area contributed by atoms with Crippen molar-refractivity contribution in [3.8, 4) is 0 Å². The van der Waals surface area contributed by atoms with Crippen molar-refractivity contribution in [1.29, 1.82) is 0 Å². The number of benzene rings is 2. The lowest BCUT2D eigenvalue weighted by Crippen LogP contribution is -2.07. The van der Waals surface area contributed by atoms with E-state index in [0.29, 0.717) is 5.56 Å². The van der Waals surface area contributed by atoms with Gasteiger partial charge in [-0.2, -0.15) is 13.2 Å². The minimum atomic E-state index is -4.45.